The maximum atomic E-state index is 13.1. The Kier molecular flexibility index (Phi) is 5.41. The van der Waals surface area contributed by atoms with Gasteiger partial charge in [-0.1, -0.05) is 18.6 Å². The van der Waals surface area contributed by atoms with Gasteiger partial charge in [-0.2, -0.15) is 0 Å². The van der Waals surface area contributed by atoms with Crippen LogP contribution < -0.4 is 11.1 Å². The van der Waals surface area contributed by atoms with Gasteiger partial charge >= 0.3 is 0 Å². The Hall–Kier alpha value is -1.47. The highest BCUT2D eigenvalue weighted by Gasteiger charge is 2.39. The summed E-state index contributed by atoms with van der Waals surface area (Å²) in [4.78, 5) is 12.0. The molecule has 1 saturated carbocycles. The predicted molar refractivity (Wildman–Crippen MR) is 87.2 cm³/mol. The van der Waals surface area contributed by atoms with Crippen LogP contribution >= 0.6 is 0 Å². The number of rotatable bonds is 7. The van der Waals surface area contributed by atoms with Gasteiger partial charge in [0.15, 0.2) is 0 Å². The molecule has 2 rings (SSSR count). The summed E-state index contributed by atoms with van der Waals surface area (Å²) in [5, 5.41) is 2.82. The van der Waals surface area contributed by atoms with E-state index in [4.69, 9.17) is 5.73 Å². The molecule has 1 aromatic carbocycles. The molecule has 3 N–H and O–H groups in total. The minimum absolute atomic E-state index is 0.105. The van der Waals surface area contributed by atoms with Gasteiger partial charge < -0.3 is 11.1 Å². The second-order valence-corrected chi connectivity index (χ2v) is 8.64. The molecule has 0 aromatic heterocycles. The molecule has 0 radical (unpaired) electrons. The van der Waals surface area contributed by atoms with Crippen molar-refractivity contribution < 1.29 is 17.6 Å². The number of hydrogen-bond donors (Lipinski definition) is 2. The van der Waals surface area contributed by atoms with Crippen molar-refractivity contribution in [3.63, 3.8) is 0 Å². The molecule has 1 atom stereocenters. The molecule has 0 saturated heterocycles. The van der Waals surface area contributed by atoms with Crippen molar-refractivity contribution in [3.8, 4) is 0 Å². The van der Waals surface area contributed by atoms with Crippen LogP contribution in [0.1, 0.15) is 31.2 Å². The average molecular weight is 342 g/mol. The lowest BCUT2D eigenvalue weighted by Gasteiger charge is -2.42. The van der Waals surface area contributed by atoms with Crippen LogP contribution in [0.25, 0.3) is 0 Å². The van der Waals surface area contributed by atoms with Gasteiger partial charge in [0.1, 0.15) is 15.7 Å². The first-order valence-corrected chi connectivity index (χ1v) is 9.75. The number of sulfone groups is 1. The van der Waals surface area contributed by atoms with E-state index in [-0.39, 0.29) is 29.3 Å². The van der Waals surface area contributed by atoms with Crippen molar-refractivity contribution in [1.29, 1.82) is 0 Å². The molecule has 1 aliphatic carbocycles. The highest BCUT2D eigenvalue weighted by Crippen LogP contribution is 2.43. The van der Waals surface area contributed by atoms with E-state index in [1.807, 2.05) is 0 Å². The molecule has 0 heterocycles. The Labute approximate surface area is 136 Å². The van der Waals surface area contributed by atoms with E-state index >= 15 is 0 Å². The Morgan fingerprint density at radius 1 is 1.35 bits per heavy atom. The molecule has 23 heavy (non-hydrogen) atoms. The lowest BCUT2D eigenvalue weighted by molar-refractivity contribution is -0.122. The molecule has 1 amide bonds. The molecule has 0 bridgehead atoms. The molecule has 1 aromatic rings. The number of halogens is 1. The topological polar surface area (TPSA) is 89.3 Å². The third-order valence-electron chi connectivity index (χ3n) is 4.50. The van der Waals surface area contributed by atoms with Gasteiger partial charge in [-0.15, -0.1) is 0 Å². The fourth-order valence-corrected chi connectivity index (χ4v) is 3.52. The van der Waals surface area contributed by atoms with Gasteiger partial charge in [0.2, 0.25) is 5.91 Å². The SMILES string of the molecule is CS(=O)(=O)CCC(N)C(=O)NCC1(c2ccc(F)cc2)CCC1. The van der Waals surface area contributed by atoms with Crippen molar-refractivity contribution in [3.05, 3.63) is 35.6 Å². The van der Waals surface area contributed by atoms with Crippen LogP contribution in [-0.2, 0) is 20.0 Å². The monoisotopic (exact) mass is 342 g/mol. The first kappa shape index (κ1) is 17.9. The zero-order valence-electron chi connectivity index (χ0n) is 13.2. The second-order valence-electron chi connectivity index (χ2n) is 6.38. The van der Waals surface area contributed by atoms with Gasteiger partial charge in [-0.25, -0.2) is 12.8 Å². The van der Waals surface area contributed by atoms with Gasteiger partial charge in [0.05, 0.1) is 11.8 Å². The largest absolute Gasteiger partial charge is 0.354 e. The Morgan fingerprint density at radius 2 is 1.96 bits per heavy atom. The fraction of sp³-hybridized carbons (Fsp3) is 0.562. The zero-order chi connectivity index (χ0) is 17.1. The Balaban J connectivity index is 1.92. The maximum Gasteiger partial charge on any atom is 0.236 e. The lowest BCUT2D eigenvalue weighted by Crippen LogP contribution is -2.50. The number of nitrogens with two attached hydrogens (primary N) is 1. The Morgan fingerprint density at radius 3 is 2.43 bits per heavy atom. The van der Waals surface area contributed by atoms with E-state index in [1.165, 1.54) is 12.1 Å². The van der Waals surface area contributed by atoms with Crippen molar-refractivity contribution in [2.24, 2.45) is 5.73 Å². The first-order valence-electron chi connectivity index (χ1n) is 7.69. The number of carbonyl (C=O) groups excluding carboxylic acids is 1. The number of benzene rings is 1. The Bertz CT molecular complexity index is 654. The molecule has 1 fully saturated rings. The normalized spacial score (nSPS) is 18.0. The average Bonchev–Trinajstić information content (AvgIpc) is 2.44. The van der Waals surface area contributed by atoms with Crippen LogP contribution in [0.5, 0.6) is 0 Å². The van der Waals surface area contributed by atoms with Crippen molar-refractivity contribution in [2.75, 3.05) is 18.6 Å². The summed E-state index contributed by atoms with van der Waals surface area (Å²) < 4.78 is 35.3. The van der Waals surface area contributed by atoms with Crippen molar-refractivity contribution >= 4 is 15.7 Å². The molecular weight excluding hydrogens is 319 g/mol. The summed E-state index contributed by atoms with van der Waals surface area (Å²) >= 11 is 0. The van der Waals surface area contributed by atoms with E-state index in [9.17, 15) is 17.6 Å². The second kappa shape index (κ2) is 6.97. The predicted octanol–water partition coefficient (Wildman–Crippen LogP) is 1.13. The summed E-state index contributed by atoms with van der Waals surface area (Å²) in [7, 11) is -3.13. The fourth-order valence-electron chi connectivity index (χ4n) is 2.83. The molecule has 0 aliphatic heterocycles. The van der Waals surface area contributed by atoms with Gasteiger partial charge in [0.25, 0.3) is 0 Å². The molecule has 128 valence electrons. The van der Waals surface area contributed by atoms with E-state index in [0.29, 0.717) is 6.54 Å². The molecule has 0 spiro atoms. The minimum atomic E-state index is -3.13. The van der Waals surface area contributed by atoms with Gasteiger partial charge in [-0.3, -0.25) is 4.79 Å². The van der Waals surface area contributed by atoms with Crippen LogP contribution in [0.2, 0.25) is 0 Å². The molecule has 1 aliphatic rings. The van der Waals surface area contributed by atoms with E-state index < -0.39 is 15.9 Å². The quantitative estimate of drug-likeness (QED) is 0.777. The number of hydrogen-bond acceptors (Lipinski definition) is 4. The summed E-state index contributed by atoms with van der Waals surface area (Å²) in [5.74, 6) is -0.734. The van der Waals surface area contributed by atoms with Gasteiger partial charge in [0, 0.05) is 18.2 Å². The summed E-state index contributed by atoms with van der Waals surface area (Å²) in [6, 6.07) is 5.52. The van der Waals surface area contributed by atoms with E-state index in [2.05, 4.69) is 5.32 Å². The van der Waals surface area contributed by atoms with E-state index in [1.54, 1.807) is 12.1 Å². The van der Waals surface area contributed by atoms with Crippen LogP contribution in [0.4, 0.5) is 4.39 Å². The minimum Gasteiger partial charge on any atom is -0.354 e. The summed E-state index contributed by atoms with van der Waals surface area (Å²) in [5.41, 5.74) is 6.59. The lowest BCUT2D eigenvalue weighted by atomic mass is 9.64. The number of amides is 1. The third-order valence-corrected chi connectivity index (χ3v) is 5.48. The smallest absolute Gasteiger partial charge is 0.236 e. The molecule has 5 nitrogen and oxygen atoms in total. The molecular formula is C16H23FN2O3S. The zero-order valence-corrected chi connectivity index (χ0v) is 14.0. The molecule has 7 heteroatoms. The number of carbonyl (C=O) groups is 1. The highest BCUT2D eigenvalue weighted by atomic mass is 32.2. The maximum absolute atomic E-state index is 13.1. The van der Waals surface area contributed by atoms with Crippen LogP contribution in [0, 0.1) is 5.82 Å². The summed E-state index contributed by atoms with van der Waals surface area (Å²) in [6.07, 6.45) is 4.14. The third kappa shape index (κ3) is 4.75. The van der Waals surface area contributed by atoms with Crippen LogP contribution in [-0.4, -0.2) is 38.9 Å². The first-order chi connectivity index (χ1) is 10.7. The van der Waals surface area contributed by atoms with Crippen molar-refractivity contribution in [2.45, 2.75) is 37.1 Å². The summed E-state index contributed by atoms with van der Waals surface area (Å²) in [6.45, 7) is 0.435. The van der Waals surface area contributed by atoms with Gasteiger partial charge in [-0.05, 0) is 37.0 Å². The van der Waals surface area contributed by atoms with Crippen LogP contribution in [0.15, 0.2) is 24.3 Å². The molecule has 1 unspecified atom stereocenters. The highest BCUT2D eigenvalue weighted by molar-refractivity contribution is 7.90. The van der Waals surface area contributed by atoms with Crippen molar-refractivity contribution in [1.82, 2.24) is 5.32 Å². The van der Waals surface area contributed by atoms with E-state index in [0.717, 1.165) is 31.1 Å². The number of nitrogens with one attached hydrogen (secondary N) is 1. The van der Waals surface area contributed by atoms with Crippen LogP contribution in [0.3, 0.4) is 0 Å². The standard InChI is InChI=1S/C16H23FN2O3S/c1-23(21,22)10-7-14(18)15(20)19-11-16(8-2-9-16)12-3-5-13(17)6-4-12/h3-6,14H,2,7-11,18H2,1H3,(H,19,20).